The second kappa shape index (κ2) is 9.88. The van der Waals surface area contributed by atoms with Crippen LogP contribution in [0.4, 0.5) is 5.69 Å². The first-order valence-corrected chi connectivity index (χ1v) is 14.4. The number of primary amides is 1. The predicted octanol–water partition coefficient (Wildman–Crippen LogP) is 0.0752. The lowest BCUT2D eigenvalue weighted by atomic mass is 9.55. The quantitative estimate of drug-likeness (QED) is 0.178. The zero-order valence-corrected chi connectivity index (χ0v) is 24.1. The van der Waals surface area contributed by atoms with Gasteiger partial charge in [0.15, 0.2) is 17.1 Å². The first-order chi connectivity index (χ1) is 20.2. The molecule has 1 aliphatic heterocycles. The predicted molar refractivity (Wildman–Crippen MR) is 151 cm³/mol. The molecule has 0 aromatic heterocycles. The molecule has 1 saturated carbocycles. The highest BCUT2D eigenvalue weighted by atomic mass is 16.4. The number of hydrogen-bond acceptors (Lipinski definition) is 11. The van der Waals surface area contributed by atoms with Gasteiger partial charge in [-0.25, -0.2) is 0 Å². The van der Waals surface area contributed by atoms with Crippen LogP contribution in [0.5, 0.6) is 5.75 Å². The van der Waals surface area contributed by atoms with Crippen molar-refractivity contribution in [2.75, 3.05) is 32.5 Å². The third kappa shape index (κ3) is 3.98. The molecule has 230 valence electrons. The molecule has 0 spiro atoms. The number of fused-ring (bicyclic) bond motifs is 5. The molecule has 4 aliphatic carbocycles. The number of likely N-dealkylation sites (N-methyl/N-ethyl adjacent to an activating group) is 1. The van der Waals surface area contributed by atoms with Crippen LogP contribution in [0.15, 0.2) is 34.8 Å². The van der Waals surface area contributed by atoms with Crippen molar-refractivity contribution < 1.29 is 44.7 Å². The lowest BCUT2D eigenvalue weighted by molar-refractivity contribution is -0.162. The second-order valence-electron chi connectivity index (χ2n) is 12.8. The van der Waals surface area contributed by atoms with Gasteiger partial charge in [-0.2, -0.15) is 0 Å². The van der Waals surface area contributed by atoms with Crippen molar-refractivity contribution in [3.05, 3.63) is 45.9 Å². The number of nitrogens with two attached hydrogens (primary N) is 1. The number of aromatic hydroxyl groups is 1. The average molecular weight is 597 g/mol. The number of carbonyl (C=O) groups is 4. The van der Waals surface area contributed by atoms with Gasteiger partial charge in [-0.05, 0) is 56.8 Å². The zero-order chi connectivity index (χ0) is 31.3. The van der Waals surface area contributed by atoms with E-state index in [1.807, 2.05) is 0 Å². The minimum absolute atomic E-state index is 0.0228. The van der Waals surface area contributed by atoms with Gasteiger partial charge in [0, 0.05) is 24.1 Å². The topological polar surface area (TPSA) is 214 Å². The van der Waals surface area contributed by atoms with Gasteiger partial charge in [-0.15, -0.1) is 0 Å². The molecule has 43 heavy (non-hydrogen) atoms. The molecule has 1 aromatic carbocycles. The Kier molecular flexibility index (Phi) is 6.73. The highest BCUT2D eigenvalue weighted by molar-refractivity contribution is 6.25. The lowest BCUT2D eigenvalue weighted by Crippen LogP contribution is -2.68. The number of piperidine rings is 1. The minimum Gasteiger partial charge on any atom is -0.510 e. The number of rotatable bonds is 5. The van der Waals surface area contributed by atoms with Crippen LogP contribution >= 0.6 is 0 Å². The number of amides is 2. The molecule has 2 bridgehead atoms. The molecular weight excluding hydrogens is 560 g/mol. The van der Waals surface area contributed by atoms with Crippen LogP contribution < -0.4 is 11.1 Å². The van der Waals surface area contributed by atoms with E-state index in [1.54, 1.807) is 13.0 Å². The van der Waals surface area contributed by atoms with E-state index in [0.717, 1.165) is 25.8 Å². The minimum atomic E-state index is -2.99. The van der Waals surface area contributed by atoms with Gasteiger partial charge in [0.05, 0.1) is 35.9 Å². The standard InChI is InChI=1S/C30H36N4O9/c1-11-14-6-7-15(32-16(35)10-34-9-12-4-5-13(34)8-12)23(36)18(14)24(37)19-17(11)25(38)21-22(33(2)3)26(39)20(29(31)42)28(41)30(21,43)27(19)40/h6-7,11-13,17,21-22,25,36,38-40,43H,4-5,8-10H2,1-3H3,(H2,31,42)(H,32,35)/t11?,12?,13?,17?,21?,22-,25?,30-/m1/s1. The number of ketones is 2. The maximum Gasteiger partial charge on any atom is 0.255 e. The lowest BCUT2D eigenvalue weighted by Gasteiger charge is -2.53. The smallest absolute Gasteiger partial charge is 0.255 e. The monoisotopic (exact) mass is 596 g/mol. The Morgan fingerprint density at radius 1 is 1.16 bits per heavy atom. The number of likely N-dealkylation sites (tertiary alicyclic amines) is 1. The fraction of sp³-hybridized carbons (Fsp3) is 0.533. The highest BCUT2D eigenvalue weighted by Gasteiger charge is 2.67. The van der Waals surface area contributed by atoms with E-state index in [1.165, 1.54) is 25.1 Å². The third-order valence-corrected chi connectivity index (χ3v) is 10.3. The van der Waals surface area contributed by atoms with Crippen LogP contribution in [0.2, 0.25) is 0 Å². The fourth-order valence-corrected chi connectivity index (χ4v) is 8.32. The number of phenols is 1. The summed E-state index contributed by atoms with van der Waals surface area (Å²) in [5.74, 6) is -9.42. The van der Waals surface area contributed by atoms with E-state index in [2.05, 4.69) is 10.2 Å². The van der Waals surface area contributed by atoms with E-state index in [-0.39, 0.29) is 23.7 Å². The van der Waals surface area contributed by atoms with Crippen molar-refractivity contribution >= 4 is 29.1 Å². The molecule has 6 rings (SSSR count). The van der Waals surface area contributed by atoms with Crippen molar-refractivity contribution in [1.82, 2.24) is 9.80 Å². The molecule has 1 heterocycles. The van der Waals surface area contributed by atoms with Gasteiger partial charge >= 0.3 is 0 Å². The summed E-state index contributed by atoms with van der Waals surface area (Å²) >= 11 is 0. The van der Waals surface area contributed by atoms with Crippen molar-refractivity contribution in [3.8, 4) is 5.75 Å². The molecule has 1 saturated heterocycles. The van der Waals surface area contributed by atoms with E-state index < -0.39 is 81.4 Å². The Balaban J connectivity index is 1.41. The van der Waals surface area contributed by atoms with Gasteiger partial charge in [0.25, 0.3) is 5.91 Å². The number of aliphatic hydroxyl groups is 4. The number of hydrogen-bond donors (Lipinski definition) is 7. The maximum absolute atomic E-state index is 14.0. The summed E-state index contributed by atoms with van der Waals surface area (Å²) in [6.07, 6.45) is 1.59. The summed E-state index contributed by atoms with van der Waals surface area (Å²) < 4.78 is 0. The van der Waals surface area contributed by atoms with Crippen molar-refractivity contribution in [2.45, 2.75) is 55.9 Å². The van der Waals surface area contributed by atoms with Crippen LogP contribution in [0.3, 0.4) is 0 Å². The first-order valence-electron chi connectivity index (χ1n) is 14.4. The van der Waals surface area contributed by atoms with Crippen molar-refractivity contribution in [1.29, 1.82) is 0 Å². The summed E-state index contributed by atoms with van der Waals surface area (Å²) in [7, 11) is 2.96. The summed E-state index contributed by atoms with van der Waals surface area (Å²) in [6, 6.07) is 2.04. The molecular formula is C30H36N4O9. The van der Waals surface area contributed by atoms with Crippen LogP contribution in [0.1, 0.15) is 48.0 Å². The molecule has 2 fully saturated rings. The Labute approximate surface area is 247 Å². The van der Waals surface area contributed by atoms with Gasteiger partial charge in [0.1, 0.15) is 17.1 Å². The molecule has 1 aromatic rings. The Hall–Kier alpha value is -3.78. The molecule has 13 heteroatoms. The summed E-state index contributed by atoms with van der Waals surface area (Å²) in [6.45, 7) is 2.62. The van der Waals surface area contributed by atoms with Gasteiger partial charge in [-0.3, -0.25) is 29.0 Å². The summed E-state index contributed by atoms with van der Waals surface area (Å²) in [5, 5.41) is 59.8. The number of aliphatic hydroxyl groups excluding tert-OH is 3. The second-order valence-corrected chi connectivity index (χ2v) is 12.8. The molecule has 13 nitrogen and oxygen atoms in total. The van der Waals surface area contributed by atoms with Gasteiger partial charge < -0.3 is 36.6 Å². The average Bonchev–Trinajstić information content (AvgIpc) is 3.55. The van der Waals surface area contributed by atoms with E-state index in [9.17, 15) is 44.7 Å². The fourth-order valence-electron chi connectivity index (χ4n) is 8.32. The number of nitrogens with one attached hydrogen (secondary N) is 1. The first kappa shape index (κ1) is 29.3. The van der Waals surface area contributed by atoms with Crippen LogP contribution in [-0.2, 0) is 14.4 Å². The van der Waals surface area contributed by atoms with Crippen LogP contribution in [0.25, 0.3) is 0 Å². The number of benzene rings is 1. The number of carbonyl (C=O) groups excluding carboxylic acids is 4. The SMILES string of the molecule is CC1c2ccc(NC(=O)CN3CC4CCC3C4)c(O)c2C(=O)C2=C(O)[C@@]3(O)C(=O)C(C(N)=O)=C(O)[C@H](N(C)C)C3C(O)C21. The van der Waals surface area contributed by atoms with Crippen LogP contribution in [0, 0.1) is 17.8 Å². The molecule has 8 N–H and O–H groups in total. The molecule has 2 amide bonds. The Bertz CT molecular complexity index is 1530. The summed E-state index contributed by atoms with van der Waals surface area (Å²) in [4.78, 5) is 56.0. The van der Waals surface area contributed by atoms with Crippen molar-refractivity contribution in [2.24, 2.45) is 23.5 Å². The number of Topliss-reactive ketones (excluding diaryl/α,β-unsaturated/α-hetero) is 2. The number of nitrogens with zero attached hydrogens (tertiary/aromatic N) is 2. The van der Waals surface area contributed by atoms with Gasteiger partial charge in [0.2, 0.25) is 11.7 Å². The molecule has 0 radical (unpaired) electrons. The molecule has 6 unspecified atom stereocenters. The number of anilines is 1. The van der Waals surface area contributed by atoms with Gasteiger partial charge in [-0.1, -0.05) is 13.0 Å². The van der Waals surface area contributed by atoms with Crippen LogP contribution in [-0.4, -0.2) is 110 Å². The van der Waals surface area contributed by atoms with Crippen molar-refractivity contribution in [3.63, 3.8) is 0 Å². The number of phenolic OH excluding ortho intramolecular Hbond substituents is 1. The Morgan fingerprint density at radius 2 is 1.86 bits per heavy atom. The zero-order valence-electron chi connectivity index (χ0n) is 24.1. The van der Waals surface area contributed by atoms with E-state index >= 15 is 0 Å². The summed E-state index contributed by atoms with van der Waals surface area (Å²) in [5.41, 5.74) is 0.961. The maximum atomic E-state index is 14.0. The Morgan fingerprint density at radius 3 is 2.44 bits per heavy atom. The molecule has 5 aliphatic rings. The van der Waals surface area contributed by atoms with E-state index in [4.69, 9.17) is 5.73 Å². The highest BCUT2D eigenvalue weighted by Crippen LogP contribution is 2.56. The third-order valence-electron chi connectivity index (χ3n) is 10.3. The largest absolute Gasteiger partial charge is 0.510 e. The normalized spacial score (nSPS) is 35.3. The van der Waals surface area contributed by atoms with E-state index in [0.29, 0.717) is 17.5 Å². The molecule has 8 atom stereocenters.